The van der Waals surface area contributed by atoms with E-state index in [1.54, 1.807) is 25.2 Å². The molecule has 4 aromatic rings. The molecule has 1 aliphatic heterocycles. The SMILES string of the molecule is COc1ccc([C@@H]2Sc3nncn3N2Cc2ccc(C(=O)c3ccccc3)cc2)cc1. The van der Waals surface area contributed by atoms with Crippen LogP contribution >= 0.6 is 11.8 Å². The highest BCUT2D eigenvalue weighted by atomic mass is 32.2. The minimum Gasteiger partial charge on any atom is -0.497 e. The van der Waals surface area contributed by atoms with Crippen LogP contribution in [0.1, 0.15) is 32.4 Å². The standard InChI is InChI=1S/C24H20N4O2S/c1-30-21-13-11-20(12-14-21)23-27(28-16-25-26-24(28)31-23)15-17-7-9-19(10-8-17)22(29)18-5-3-2-4-6-18/h2-14,16,23H,15H2,1H3/t23-/m0/s1. The lowest BCUT2D eigenvalue weighted by molar-refractivity contribution is 0.103. The van der Waals surface area contributed by atoms with Crippen LogP contribution in [0.5, 0.6) is 5.75 Å². The molecule has 0 aliphatic carbocycles. The molecule has 0 unspecified atom stereocenters. The number of hydrogen-bond donors (Lipinski definition) is 0. The molecule has 1 aromatic heterocycles. The number of hydrogen-bond acceptors (Lipinski definition) is 6. The average Bonchev–Trinajstić information content (AvgIpc) is 3.42. The van der Waals surface area contributed by atoms with Crippen LogP contribution in [0.2, 0.25) is 0 Å². The van der Waals surface area contributed by atoms with Crippen molar-refractivity contribution in [3.8, 4) is 5.75 Å². The topological polar surface area (TPSA) is 60.3 Å². The Hall–Kier alpha value is -3.58. The molecule has 0 bridgehead atoms. The van der Waals surface area contributed by atoms with Gasteiger partial charge >= 0.3 is 0 Å². The van der Waals surface area contributed by atoms with Gasteiger partial charge in [-0.25, -0.2) is 4.68 Å². The van der Waals surface area contributed by atoms with Crippen LogP contribution in [0, 0.1) is 0 Å². The summed E-state index contributed by atoms with van der Waals surface area (Å²) < 4.78 is 7.28. The quantitative estimate of drug-likeness (QED) is 0.423. The van der Waals surface area contributed by atoms with Crippen molar-refractivity contribution in [3.63, 3.8) is 0 Å². The normalized spacial score (nSPS) is 15.0. The zero-order valence-corrected chi connectivity index (χ0v) is 17.7. The molecule has 6 nitrogen and oxygen atoms in total. The van der Waals surface area contributed by atoms with E-state index in [2.05, 4.69) is 27.3 Å². The third-order valence-corrected chi connectivity index (χ3v) is 6.48. The number of aromatic nitrogens is 3. The first-order valence-corrected chi connectivity index (χ1v) is 10.8. The number of thioether (sulfide) groups is 1. The highest BCUT2D eigenvalue weighted by Gasteiger charge is 2.32. The molecule has 3 aromatic carbocycles. The maximum absolute atomic E-state index is 12.7. The monoisotopic (exact) mass is 428 g/mol. The van der Waals surface area contributed by atoms with Crippen LogP contribution in [0.15, 0.2) is 90.3 Å². The molecule has 0 spiro atoms. The van der Waals surface area contributed by atoms with Gasteiger partial charge in [0.05, 0.1) is 13.7 Å². The van der Waals surface area contributed by atoms with Crippen molar-refractivity contribution in [1.82, 2.24) is 14.9 Å². The van der Waals surface area contributed by atoms with Gasteiger partial charge in [-0.2, -0.15) is 0 Å². The Balaban J connectivity index is 1.38. The summed E-state index contributed by atoms with van der Waals surface area (Å²) in [5.41, 5.74) is 3.64. The van der Waals surface area contributed by atoms with Crippen LogP contribution in [0.3, 0.4) is 0 Å². The van der Waals surface area contributed by atoms with E-state index in [0.29, 0.717) is 17.7 Å². The molecule has 0 amide bonds. The first-order chi connectivity index (χ1) is 15.2. The molecule has 154 valence electrons. The van der Waals surface area contributed by atoms with Gasteiger partial charge in [0, 0.05) is 11.1 Å². The Morgan fingerprint density at radius 3 is 2.39 bits per heavy atom. The lowest BCUT2D eigenvalue weighted by Gasteiger charge is -2.27. The van der Waals surface area contributed by atoms with Gasteiger partial charge in [-0.1, -0.05) is 78.5 Å². The molecule has 2 heterocycles. The minimum atomic E-state index is 0.0288. The average molecular weight is 429 g/mol. The molecule has 0 fully saturated rings. The fraction of sp³-hybridized carbons (Fsp3) is 0.125. The first-order valence-electron chi connectivity index (χ1n) is 9.89. The largest absolute Gasteiger partial charge is 0.497 e. The van der Waals surface area contributed by atoms with E-state index in [4.69, 9.17) is 4.74 Å². The lowest BCUT2D eigenvalue weighted by atomic mass is 10.0. The highest BCUT2D eigenvalue weighted by Crippen LogP contribution is 2.43. The third-order valence-electron chi connectivity index (χ3n) is 5.26. The fourth-order valence-electron chi connectivity index (χ4n) is 3.62. The summed E-state index contributed by atoms with van der Waals surface area (Å²) in [7, 11) is 1.67. The van der Waals surface area contributed by atoms with Crippen LogP contribution in [0.4, 0.5) is 0 Å². The van der Waals surface area contributed by atoms with Crippen molar-refractivity contribution in [2.24, 2.45) is 0 Å². The van der Waals surface area contributed by atoms with Crippen molar-refractivity contribution < 1.29 is 9.53 Å². The Kier molecular flexibility index (Phi) is 5.18. The Bertz CT molecular complexity index is 1190. The molecular weight excluding hydrogens is 408 g/mol. The second kappa shape index (κ2) is 8.28. The van der Waals surface area contributed by atoms with Gasteiger partial charge in [0.1, 0.15) is 17.5 Å². The summed E-state index contributed by atoms with van der Waals surface area (Å²) in [6.07, 6.45) is 1.74. The number of methoxy groups -OCH3 is 1. The molecule has 1 atom stereocenters. The van der Waals surface area contributed by atoms with E-state index in [1.807, 2.05) is 71.4 Å². The molecule has 5 rings (SSSR count). The van der Waals surface area contributed by atoms with Crippen LogP contribution in [0.25, 0.3) is 0 Å². The lowest BCUT2D eigenvalue weighted by Crippen LogP contribution is -2.31. The smallest absolute Gasteiger partial charge is 0.212 e. The number of carbonyl (C=O) groups excluding carboxylic acids is 1. The maximum Gasteiger partial charge on any atom is 0.212 e. The van der Waals surface area contributed by atoms with Gasteiger partial charge in [0.15, 0.2) is 5.78 Å². The van der Waals surface area contributed by atoms with Crippen molar-refractivity contribution in [2.45, 2.75) is 17.1 Å². The van der Waals surface area contributed by atoms with E-state index in [-0.39, 0.29) is 11.2 Å². The van der Waals surface area contributed by atoms with E-state index in [0.717, 1.165) is 22.0 Å². The molecule has 0 N–H and O–H groups in total. The van der Waals surface area contributed by atoms with Crippen LogP contribution < -0.4 is 9.75 Å². The van der Waals surface area contributed by atoms with Gasteiger partial charge < -0.3 is 4.74 Å². The Labute approximate surface area is 184 Å². The van der Waals surface area contributed by atoms with Crippen LogP contribution in [-0.4, -0.2) is 27.8 Å². The molecule has 31 heavy (non-hydrogen) atoms. The minimum absolute atomic E-state index is 0.0288. The van der Waals surface area contributed by atoms with Crippen molar-refractivity contribution in [1.29, 1.82) is 0 Å². The van der Waals surface area contributed by atoms with Gasteiger partial charge in [-0.15, -0.1) is 10.2 Å². The van der Waals surface area contributed by atoms with E-state index in [1.165, 1.54) is 0 Å². The molecule has 0 saturated carbocycles. The molecular formula is C24H20N4O2S. The second-order valence-corrected chi connectivity index (χ2v) is 8.24. The predicted octanol–water partition coefficient (Wildman–Crippen LogP) is 4.46. The third kappa shape index (κ3) is 3.80. The summed E-state index contributed by atoms with van der Waals surface area (Å²) in [6, 6.07) is 25.2. The number of ether oxygens (including phenoxy) is 1. The zero-order chi connectivity index (χ0) is 21.2. The van der Waals surface area contributed by atoms with Crippen molar-refractivity contribution in [3.05, 3.63) is 107 Å². The maximum atomic E-state index is 12.7. The number of nitrogens with zero attached hydrogens (tertiary/aromatic N) is 4. The van der Waals surface area contributed by atoms with Gasteiger partial charge in [-0.3, -0.25) is 9.80 Å². The number of benzene rings is 3. The fourth-order valence-corrected chi connectivity index (χ4v) is 4.76. The van der Waals surface area contributed by atoms with Crippen LogP contribution in [-0.2, 0) is 6.54 Å². The Morgan fingerprint density at radius 2 is 1.68 bits per heavy atom. The zero-order valence-electron chi connectivity index (χ0n) is 16.9. The number of rotatable bonds is 6. The molecule has 0 radical (unpaired) electrons. The number of carbonyl (C=O) groups is 1. The summed E-state index contributed by atoms with van der Waals surface area (Å²) in [4.78, 5) is 12.7. The molecule has 1 aliphatic rings. The van der Waals surface area contributed by atoms with Crippen molar-refractivity contribution >= 4 is 17.5 Å². The van der Waals surface area contributed by atoms with Gasteiger partial charge in [0.25, 0.3) is 0 Å². The van der Waals surface area contributed by atoms with E-state index in [9.17, 15) is 4.79 Å². The van der Waals surface area contributed by atoms with E-state index < -0.39 is 0 Å². The predicted molar refractivity (Wildman–Crippen MR) is 120 cm³/mol. The highest BCUT2D eigenvalue weighted by molar-refractivity contribution is 7.99. The van der Waals surface area contributed by atoms with Crippen molar-refractivity contribution in [2.75, 3.05) is 12.1 Å². The first kappa shape index (κ1) is 19.4. The number of ketones is 1. The van der Waals surface area contributed by atoms with E-state index >= 15 is 0 Å². The van der Waals surface area contributed by atoms with Gasteiger partial charge in [0.2, 0.25) is 5.16 Å². The second-order valence-electron chi connectivity index (χ2n) is 7.19. The summed E-state index contributed by atoms with van der Waals surface area (Å²) in [5.74, 6) is 0.859. The summed E-state index contributed by atoms with van der Waals surface area (Å²) in [6.45, 7) is 0.661. The summed E-state index contributed by atoms with van der Waals surface area (Å²) in [5, 5.41) is 11.4. The molecule has 7 heteroatoms. The number of fused-ring (bicyclic) bond motifs is 1. The van der Waals surface area contributed by atoms with Gasteiger partial charge in [-0.05, 0) is 23.3 Å². The Morgan fingerprint density at radius 1 is 0.968 bits per heavy atom. The molecule has 0 saturated heterocycles. The summed E-state index contributed by atoms with van der Waals surface area (Å²) >= 11 is 1.66.